The predicted molar refractivity (Wildman–Crippen MR) is 101 cm³/mol. The van der Waals surface area contributed by atoms with Gasteiger partial charge in [0.15, 0.2) is 0 Å². The van der Waals surface area contributed by atoms with Gasteiger partial charge in [-0.15, -0.1) is 0 Å². The molecule has 0 radical (unpaired) electrons. The number of nitrogens with one attached hydrogen (secondary N) is 1. The molecule has 2 fully saturated rings. The first-order valence-corrected chi connectivity index (χ1v) is 10.8. The predicted octanol–water partition coefficient (Wildman–Crippen LogP) is 2.30. The number of ketones is 1. The fraction of sp³-hybridized carbons (Fsp3) is 0.556. The Labute approximate surface area is 164 Å². The topological polar surface area (TPSA) is 92.8 Å². The van der Waals surface area contributed by atoms with Crippen LogP contribution in [0.25, 0.3) is 0 Å². The number of hydrogen-bond donors (Lipinski definition) is 1. The molecule has 1 saturated carbocycles. The standard InChI is InChI=1S/C18H23ClN2O5S/c1-12-10-13(2-5-16(12)22)18(23)20-14-3-4-15(19)17(11-14)27(24,25)21-6-8-26-9-7-21/h3-4,11-13H,2,5-10H2,1H3,(H,20,23). The van der Waals surface area contributed by atoms with Crippen molar-refractivity contribution in [2.24, 2.45) is 11.8 Å². The molecule has 0 spiro atoms. The van der Waals surface area contributed by atoms with Crippen LogP contribution in [0.2, 0.25) is 5.02 Å². The van der Waals surface area contributed by atoms with Crippen molar-refractivity contribution in [3.63, 3.8) is 0 Å². The number of sulfonamides is 1. The molecule has 148 valence electrons. The molecule has 2 unspecified atom stereocenters. The number of rotatable bonds is 4. The average molecular weight is 415 g/mol. The number of morpholine rings is 1. The summed E-state index contributed by atoms with van der Waals surface area (Å²) in [5.74, 6) is -0.402. The summed E-state index contributed by atoms with van der Waals surface area (Å²) in [5, 5.41) is 2.88. The Balaban J connectivity index is 1.77. The van der Waals surface area contributed by atoms with Crippen LogP contribution in [0.4, 0.5) is 5.69 Å². The molecule has 1 aliphatic heterocycles. The maximum atomic E-state index is 12.9. The third-order valence-corrected chi connectivity index (χ3v) is 7.46. The number of Topliss-reactive ketones (excluding diaryl/α,β-unsaturated/α-hetero) is 1. The number of benzene rings is 1. The van der Waals surface area contributed by atoms with Crippen molar-refractivity contribution in [2.45, 2.75) is 31.1 Å². The minimum Gasteiger partial charge on any atom is -0.379 e. The number of anilines is 1. The molecule has 1 aliphatic carbocycles. The summed E-state index contributed by atoms with van der Waals surface area (Å²) < 4.78 is 32.3. The molecule has 1 N–H and O–H groups in total. The zero-order valence-electron chi connectivity index (χ0n) is 15.1. The lowest BCUT2D eigenvalue weighted by Crippen LogP contribution is -2.40. The van der Waals surface area contributed by atoms with Gasteiger partial charge in [-0.2, -0.15) is 4.31 Å². The van der Waals surface area contributed by atoms with Gasteiger partial charge in [-0.05, 0) is 31.0 Å². The molecule has 1 amide bonds. The smallest absolute Gasteiger partial charge is 0.244 e. The van der Waals surface area contributed by atoms with Crippen LogP contribution in [0.3, 0.4) is 0 Å². The Morgan fingerprint density at radius 2 is 2.00 bits per heavy atom. The zero-order chi connectivity index (χ0) is 19.6. The van der Waals surface area contributed by atoms with E-state index in [1.807, 2.05) is 6.92 Å². The van der Waals surface area contributed by atoms with Crippen molar-refractivity contribution >= 4 is 39.0 Å². The Bertz CT molecular complexity index is 836. The molecule has 1 heterocycles. The summed E-state index contributed by atoms with van der Waals surface area (Å²) in [5.41, 5.74) is 0.376. The molecule has 2 aliphatic rings. The summed E-state index contributed by atoms with van der Waals surface area (Å²) in [4.78, 5) is 24.1. The van der Waals surface area contributed by atoms with Crippen molar-refractivity contribution in [1.82, 2.24) is 4.31 Å². The molecule has 2 atom stereocenters. The lowest BCUT2D eigenvalue weighted by molar-refractivity contribution is -0.128. The third kappa shape index (κ3) is 4.51. The highest BCUT2D eigenvalue weighted by atomic mass is 35.5. The monoisotopic (exact) mass is 414 g/mol. The lowest BCUT2D eigenvalue weighted by Gasteiger charge is -2.27. The highest BCUT2D eigenvalue weighted by Gasteiger charge is 2.31. The number of ether oxygens (including phenoxy) is 1. The van der Waals surface area contributed by atoms with Crippen LogP contribution in [0, 0.1) is 11.8 Å². The zero-order valence-corrected chi connectivity index (χ0v) is 16.7. The van der Waals surface area contributed by atoms with Crippen molar-refractivity contribution in [1.29, 1.82) is 0 Å². The number of carbonyl (C=O) groups is 2. The van der Waals surface area contributed by atoms with Gasteiger partial charge in [0.2, 0.25) is 15.9 Å². The molecule has 1 saturated heterocycles. The summed E-state index contributed by atoms with van der Waals surface area (Å²) in [6, 6.07) is 4.44. The van der Waals surface area contributed by atoms with Gasteiger partial charge in [0.05, 0.1) is 18.2 Å². The van der Waals surface area contributed by atoms with Crippen LogP contribution in [0.1, 0.15) is 26.2 Å². The molecule has 27 heavy (non-hydrogen) atoms. The highest BCUT2D eigenvalue weighted by molar-refractivity contribution is 7.89. The van der Waals surface area contributed by atoms with Gasteiger partial charge in [-0.1, -0.05) is 18.5 Å². The number of nitrogens with zero attached hydrogens (tertiary/aromatic N) is 1. The van der Waals surface area contributed by atoms with E-state index in [0.29, 0.717) is 38.2 Å². The van der Waals surface area contributed by atoms with Crippen molar-refractivity contribution in [3.8, 4) is 0 Å². The third-order valence-electron chi connectivity index (χ3n) is 5.08. The summed E-state index contributed by atoms with van der Waals surface area (Å²) >= 11 is 6.13. The van der Waals surface area contributed by atoms with Gasteiger partial charge in [0, 0.05) is 37.0 Å². The van der Waals surface area contributed by atoms with Crippen molar-refractivity contribution < 1.29 is 22.7 Å². The van der Waals surface area contributed by atoms with E-state index in [4.69, 9.17) is 16.3 Å². The Morgan fingerprint density at radius 1 is 1.30 bits per heavy atom. The maximum Gasteiger partial charge on any atom is 0.244 e. The quantitative estimate of drug-likeness (QED) is 0.816. The van der Waals surface area contributed by atoms with Gasteiger partial charge in [-0.3, -0.25) is 9.59 Å². The normalized spacial score (nSPS) is 24.6. The molecule has 9 heteroatoms. The minimum atomic E-state index is -3.77. The first-order chi connectivity index (χ1) is 12.8. The SMILES string of the molecule is CC1CC(C(=O)Nc2ccc(Cl)c(S(=O)(=O)N3CCOCC3)c2)CCC1=O. The molecular weight excluding hydrogens is 392 g/mol. The van der Waals surface area contributed by atoms with E-state index in [-0.39, 0.29) is 46.5 Å². The largest absolute Gasteiger partial charge is 0.379 e. The number of hydrogen-bond acceptors (Lipinski definition) is 5. The van der Waals surface area contributed by atoms with Crippen molar-refractivity contribution in [2.75, 3.05) is 31.6 Å². The molecule has 3 rings (SSSR count). The van der Waals surface area contributed by atoms with E-state index in [0.717, 1.165) is 0 Å². The van der Waals surface area contributed by atoms with Gasteiger partial charge in [0.25, 0.3) is 0 Å². The van der Waals surface area contributed by atoms with E-state index in [2.05, 4.69) is 5.32 Å². The second-order valence-corrected chi connectivity index (χ2v) is 9.30. The van der Waals surface area contributed by atoms with E-state index in [9.17, 15) is 18.0 Å². The first kappa shape index (κ1) is 20.3. The minimum absolute atomic E-state index is 0.0314. The summed E-state index contributed by atoms with van der Waals surface area (Å²) in [6.45, 7) is 3.04. The van der Waals surface area contributed by atoms with E-state index in [1.54, 1.807) is 6.07 Å². The molecule has 1 aromatic carbocycles. The van der Waals surface area contributed by atoms with Crippen molar-refractivity contribution in [3.05, 3.63) is 23.2 Å². The van der Waals surface area contributed by atoms with Gasteiger partial charge < -0.3 is 10.1 Å². The second kappa shape index (κ2) is 8.26. The fourth-order valence-electron chi connectivity index (χ4n) is 3.43. The molecule has 7 nitrogen and oxygen atoms in total. The second-order valence-electron chi connectivity index (χ2n) is 6.99. The Morgan fingerprint density at radius 3 is 2.67 bits per heavy atom. The highest BCUT2D eigenvalue weighted by Crippen LogP contribution is 2.30. The summed E-state index contributed by atoms with van der Waals surface area (Å²) in [7, 11) is -3.77. The number of amides is 1. The Hall–Kier alpha value is -1.48. The average Bonchev–Trinajstić information content (AvgIpc) is 2.66. The van der Waals surface area contributed by atoms with E-state index in [1.165, 1.54) is 16.4 Å². The number of carbonyl (C=O) groups excluding carboxylic acids is 2. The fourth-order valence-corrected chi connectivity index (χ4v) is 5.33. The molecular formula is C18H23ClN2O5S. The first-order valence-electron chi connectivity index (χ1n) is 9.00. The Kier molecular flexibility index (Phi) is 6.20. The number of halogens is 1. The van der Waals surface area contributed by atoms with E-state index < -0.39 is 10.0 Å². The van der Waals surface area contributed by atoms with Crippen LogP contribution in [-0.4, -0.2) is 50.7 Å². The molecule has 0 bridgehead atoms. The van der Waals surface area contributed by atoms with Crippen LogP contribution in [-0.2, 0) is 24.3 Å². The van der Waals surface area contributed by atoms with Crippen LogP contribution >= 0.6 is 11.6 Å². The maximum absolute atomic E-state index is 12.9. The van der Waals surface area contributed by atoms with E-state index >= 15 is 0 Å². The van der Waals surface area contributed by atoms with Gasteiger partial charge >= 0.3 is 0 Å². The lowest BCUT2D eigenvalue weighted by atomic mass is 9.81. The molecule has 1 aromatic rings. The summed E-state index contributed by atoms with van der Waals surface area (Å²) in [6.07, 6.45) is 1.43. The van der Waals surface area contributed by atoms with Gasteiger partial charge in [0.1, 0.15) is 10.7 Å². The van der Waals surface area contributed by atoms with Crippen LogP contribution in [0.5, 0.6) is 0 Å². The van der Waals surface area contributed by atoms with Crippen LogP contribution < -0.4 is 5.32 Å². The molecule has 0 aromatic heterocycles. The van der Waals surface area contributed by atoms with Gasteiger partial charge in [-0.25, -0.2) is 8.42 Å². The van der Waals surface area contributed by atoms with Crippen LogP contribution in [0.15, 0.2) is 23.1 Å².